The van der Waals surface area contributed by atoms with Gasteiger partial charge >= 0.3 is 0 Å². The molecule has 0 aliphatic rings. The van der Waals surface area contributed by atoms with Crippen molar-refractivity contribution in [2.75, 3.05) is 13.7 Å². The number of hydrogen-bond donors (Lipinski definition) is 2. The van der Waals surface area contributed by atoms with E-state index in [2.05, 4.69) is 15.8 Å². The van der Waals surface area contributed by atoms with Gasteiger partial charge in [0.15, 0.2) is 16.6 Å². The highest BCUT2D eigenvalue weighted by Crippen LogP contribution is 2.28. The number of thiocarbonyl (C=S) groups is 1. The molecule has 0 aliphatic carbocycles. The molecule has 126 valence electrons. The fourth-order valence-electron chi connectivity index (χ4n) is 1.98. The van der Waals surface area contributed by atoms with E-state index in [9.17, 15) is 0 Å². The monoisotopic (exact) mass is 343 g/mol. The topological polar surface area (TPSA) is 54.9 Å². The number of benzene rings is 2. The van der Waals surface area contributed by atoms with Crippen LogP contribution in [0, 0.1) is 0 Å². The third-order valence-electron chi connectivity index (χ3n) is 3.14. The highest BCUT2D eigenvalue weighted by molar-refractivity contribution is 7.80. The highest BCUT2D eigenvalue weighted by Gasteiger charge is 2.05. The first-order valence-corrected chi connectivity index (χ1v) is 8.05. The summed E-state index contributed by atoms with van der Waals surface area (Å²) < 4.78 is 11.2. The lowest BCUT2D eigenvalue weighted by Gasteiger charge is -2.11. The summed E-state index contributed by atoms with van der Waals surface area (Å²) in [5, 5.41) is 7.53. The SMILES string of the molecule is CCNC(=S)N/N=C\c1ccc(OCc2ccccc2)c(OC)c1. The number of nitrogens with one attached hydrogen (secondary N) is 2. The molecule has 0 spiro atoms. The average molecular weight is 343 g/mol. The van der Waals surface area contributed by atoms with Crippen molar-refractivity contribution in [2.45, 2.75) is 13.5 Å². The van der Waals surface area contributed by atoms with Crippen molar-refractivity contribution in [2.24, 2.45) is 5.10 Å². The van der Waals surface area contributed by atoms with Crippen LogP contribution in [0.1, 0.15) is 18.1 Å². The maximum absolute atomic E-state index is 5.83. The Hall–Kier alpha value is -2.60. The molecule has 0 heterocycles. The van der Waals surface area contributed by atoms with Gasteiger partial charge < -0.3 is 14.8 Å². The maximum Gasteiger partial charge on any atom is 0.186 e. The van der Waals surface area contributed by atoms with Gasteiger partial charge in [-0.2, -0.15) is 5.10 Å². The molecule has 0 bridgehead atoms. The molecule has 2 aromatic carbocycles. The van der Waals surface area contributed by atoms with Crippen LogP contribution in [-0.2, 0) is 6.61 Å². The summed E-state index contributed by atoms with van der Waals surface area (Å²) in [5.74, 6) is 1.35. The van der Waals surface area contributed by atoms with Gasteiger partial charge in [0.1, 0.15) is 6.61 Å². The summed E-state index contributed by atoms with van der Waals surface area (Å²) in [5.41, 5.74) is 4.73. The summed E-state index contributed by atoms with van der Waals surface area (Å²) in [7, 11) is 1.62. The summed E-state index contributed by atoms with van der Waals surface area (Å²) in [6.45, 7) is 3.21. The Kier molecular flexibility index (Phi) is 7.04. The minimum absolute atomic E-state index is 0.489. The molecule has 0 aliphatic heterocycles. The summed E-state index contributed by atoms with van der Waals surface area (Å²) in [6, 6.07) is 15.6. The van der Waals surface area contributed by atoms with E-state index >= 15 is 0 Å². The first kappa shape index (κ1) is 17.7. The Morgan fingerprint density at radius 3 is 2.67 bits per heavy atom. The van der Waals surface area contributed by atoms with E-state index in [0.717, 1.165) is 17.7 Å². The molecule has 0 aromatic heterocycles. The number of hydrazone groups is 1. The van der Waals surface area contributed by atoms with Gasteiger partial charge in [0.05, 0.1) is 13.3 Å². The Morgan fingerprint density at radius 1 is 1.17 bits per heavy atom. The summed E-state index contributed by atoms with van der Waals surface area (Å²) >= 11 is 5.04. The maximum atomic E-state index is 5.83. The lowest BCUT2D eigenvalue weighted by molar-refractivity contribution is 0.284. The van der Waals surface area contributed by atoms with Crippen molar-refractivity contribution in [3.05, 3.63) is 59.7 Å². The lowest BCUT2D eigenvalue weighted by Crippen LogP contribution is -2.31. The van der Waals surface area contributed by atoms with Crippen LogP contribution < -0.4 is 20.2 Å². The molecule has 6 heteroatoms. The number of methoxy groups -OCH3 is 1. The molecule has 2 N–H and O–H groups in total. The molecule has 0 unspecified atom stereocenters. The number of ether oxygens (including phenoxy) is 2. The Labute approximate surface area is 147 Å². The number of nitrogens with zero attached hydrogens (tertiary/aromatic N) is 1. The van der Waals surface area contributed by atoms with Crippen LogP contribution in [0.5, 0.6) is 11.5 Å². The molecule has 2 aromatic rings. The molecule has 0 radical (unpaired) electrons. The van der Waals surface area contributed by atoms with Gasteiger partial charge in [-0.25, -0.2) is 0 Å². The van der Waals surface area contributed by atoms with E-state index in [-0.39, 0.29) is 0 Å². The normalized spacial score (nSPS) is 10.4. The van der Waals surface area contributed by atoms with Crippen molar-refractivity contribution in [1.82, 2.24) is 10.7 Å². The van der Waals surface area contributed by atoms with E-state index in [4.69, 9.17) is 21.7 Å². The zero-order valence-electron chi connectivity index (χ0n) is 13.8. The van der Waals surface area contributed by atoms with Crippen LogP contribution in [0.15, 0.2) is 53.6 Å². The number of rotatable bonds is 7. The molecule has 24 heavy (non-hydrogen) atoms. The van der Waals surface area contributed by atoms with Crippen LogP contribution in [-0.4, -0.2) is 25.0 Å². The fraction of sp³-hybridized carbons (Fsp3) is 0.222. The Bertz CT molecular complexity index is 690. The van der Waals surface area contributed by atoms with Crippen LogP contribution in [0.25, 0.3) is 0 Å². The predicted octanol–water partition coefficient (Wildman–Crippen LogP) is 3.09. The molecule has 0 amide bonds. The third-order valence-corrected chi connectivity index (χ3v) is 3.38. The van der Waals surface area contributed by atoms with E-state index in [0.29, 0.717) is 23.2 Å². The van der Waals surface area contributed by atoms with E-state index in [1.807, 2.05) is 55.5 Å². The van der Waals surface area contributed by atoms with Gasteiger partial charge in [0.25, 0.3) is 0 Å². The molecular weight excluding hydrogens is 322 g/mol. The standard InChI is InChI=1S/C18H21N3O2S/c1-3-19-18(24)21-20-12-15-9-10-16(17(11-15)22-2)23-13-14-7-5-4-6-8-14/h4-12H,3,13H2,1-2H3,(H2,19,21,24)/b20-12-. The van der Waals surface area contributed by atoms with Gasteiger partial charge in [-0.1, -0.05) is 30.3 Å². The minimum atomic E-state index is 0.489. The summed E-state index contributed by atoms with van der Waals surface area (Å²) in [4.78, 5) is 0. The van der Waals surface area contributed by atoms with Crippen LogP contribution in [0.3, 0.4) is 0 Å². The van der Waals surface area contributed by atoms with Crippen LogP contribution >= 0.6 is 12.2 Å². The Morgan fingerprint density at radius 2 is 1.96 bits per heavy atom. The summed E-state index contributed by atoms with van der Waals surface area (Å²) in [6.07, 6.45) is 1.67. The van der Waals surface area contributed by atoms with Gasteiger partial charge in [0.2, 0.25) is 0 Å². The van der Waals surface area contributed by atoms with Crippen molar-refractivity contribution >= 4 is 23.5 Å². The molecule has 5 nitrogen and oxygen atoms in total. The molecule has 0 atom stereocenters. The van der Waals surface area contributed by atoms with Crippen molar-refractivity contribution < 1.29 is 9.47 Å². The first-order chi connectivity index (χ1) is 11.7. The average Bonchev–Trinajstić information content (AvgIpc) is 2.61. The second-order valence-electron chi connectivity index (χ2n) is 4.91. The van der Waals surface area contributed by atoms with E-state index in [1.165, 1.54) is 0 Å². The lowest BCUT2D eigenvalue weighted by atomic mass is 10.2. The number of hydrogen-bond acceptors (Lipinski definition) is 4. The molecule has 0 saturated heterocycles. The molecule has 0 saturated carbocycles. The smallest absolute Gasteiger partial charge is 0.186 e. The van der Waals surface area contributed by atoms with Crippen LogP contribution in [0.4, 0.5) is 0 Å². The molecule has 2 rings (SSSR count). The molecular formula is C18H21N3O2S. The third kappa shape index (κ3) is 5.55. The Balaban J connectivity index is 1.99. The van der Waals surface area contributed by atoms with Gasteiger partial charge in [-0.05, 0) is 48.5 Å². The molecule has 0 fully saturated rings. The van der Waals surface area contributed by atoms with Gasteiger partial charge in [-0.3, -0.25) is 5.43 Å². The van der Waals surface area contributed by atoms with Gasteiger partial charge in [-0.15, -0.1) is 0 Å². The van der Waals surface area contributed by atoms with Gasteiger partial charge in [0, 0.05) is 6.54 Å². The van der Waals surface area contributed by atoms with Crippen molar-refractivity contribution in [3.63, 3.8) is 0 Å². The van der Waals surface area contributed by atoms with Crippen LogP contribution in [0.2, 0.25) is 0 Å². The quantitative estimate of drug-likeness (QED) is 0.460. The van der Waals surface area contributed by atoms with E-state index in [1.54, 1.807) is 13.3 Å². The van der Waals surface area contributed by atoms with E-state index < -0.39 is 0 Å². The second-order valence-corrected chi connectivity index (χ2v) is 5.32. The second kappa shape index (κ2) is 9.52. The first-order valence-electron chi connectivity index (χ1n) is 7.64. The minimum Gasteiger partial charge on any atom is -0.493 e. The fourth-order valence-corrected chi connectivity index (χ4v) is 2.18. The predicted molar refractivity (Wildman–Crippen MR) is 101 cm³/mol. The largest absolute Gasteiger partial charge is 0.493 e. The van der Waals surface area contributed by atoms with Crippen molar-refractivity contribution in [1.29, 1.82) is 0 Å². The zero-order chi connectivity index (χ0) is 17.2. The zero-order valence-corrected chi connectivity index (χ0v) is 14.6. The van der Waals surface area contributed by atoms with Crippen molar-refractivity contribution in [3.8, 4) is 11.5 Å². The highest BCUT2D eigenvalue weighted by atomic mass is 32.1.